The second-order valence-corrected chi connectivity index (χ2v) is 6.76. The maximum atomic E-state index is 5.62. The number of nitrogens with zero attached hydrogens (tertiary/aromatic N) is 2. The zero-order valence-corrected chi connectivity index (χ0v) is 13.9. The first-order valence-corrected chi connectivity index (χ1v) is 8.46. The van der Waals surface area contributed by atoms with E-state index >= 15 is 0 Å². The zero-order valence-electron chi connectivity index (χ0n) is 13.1. The van der Waals surface area contributed by atoms with E-state index < -0.39 is 0 Å². The maximum Gasteiger partial charge on any atom is 0.185 e. The molecule has 0 saturated heterocycles. The second-order valence-electron chi connectivity index (χ2n) is 5.70. The summed E-state index contributed by atoms with van der Waals surface area (Å²) in [6.45, 7) is 9.91. The molecule has 0 atom stereocenters. The van der Waals surface area contributed by atoms with Crippen molar-refractivity contribution in [3.8, 4) is 0 Å². The van der Waals surface area contributed by atoms with Crippen LogP contribution >= 0.6 is 11.3 Å². The Bertz CT molecular complexity index is 415. The van der Waals surface area contributed by atoms with Gasteiger partial charge in [0, 0.05) is 30.9 Å². The highest BCUT2D eigenvalue weighted by molar-refractivity contribution is 7.15. The van der Waals surface area contributed by atoms with Crippen molar-refractivity contribution >= 4 is 16.5 Å². The van der Waals surface area contributed by atoms with Gasteiger partial charge in [0.05, 0.1) is 18.4 Å². The van der Waals surface area contributed by atoms with Gasteiger partial charge in [-0.25, -0.2) is 4.98 Å². The van der Waals surface area contributed by atoms with Gasteiger partial charge in [0.15, 0.2) is 5.13 Å². The number of rotatable bonds is 9. The van der Waals surface area contributed by atoms with Crippen LogP contribution in [0.2, 0.25) is 0 Å². The molecular weight excluding hydrogens is 270 g/mol. The van der Waals surface area contributed by atoms with Gasteiger partial charge in [-0.1, -0.05) is 6.92 Å². The van der Waals surface area contributed by atoms with E-state index in [1.54, 1.807) is 0 Å². The van der Waals surface area contributed by atoms with E-state index in [9.17, 15) is 0 Å². The molecule has 1 aromatic heterocycles. The highest BCUT2D eigenvalue weighted by Crippen LogP contribution is 2.44. The standard InChI is InChI=1S/C15H27N3OS/c1-5-16-10-13-14(12-6-7-12)17-15(20-13)18(4)8-9-19-11(2)3/h11-12,16H,5-10H2,1-4H3. The lowest BCUT2D eigenvalue weighted by Crippen LogP contribution is -2.23. The summed E-state index contributed by atoms with van der Waals surface area (Å²) in [7, 11) is 2.11. The number of hydrogen-bond donors (Lipinski definition) is 1. The van der Waals surface area contributed by atoms with Gasteiger partial charge in [-0.15, -0.1) is 11.3 Å². The molecule has 1 aliphatic rings. The molecule has 1 fully saturated rings. The number of hydrogen-bond acceptors (Lipinski definition) is 5. The summed E-state index contributed by atoms with van der Waals surface area (Å²) in [5.41, 5.74) is 1.34. The van der Waals surface area contributed by atoms with Crippen LogP contribution in [0.5, 0.6) is 0 Å². The van der Waals surface area contributed by atoms with E-state index in [-0.39, 0.29) is 0 Å². The molecule has 1 N–H and O–H groups in total. The molecule has 4 nitrogen and oxygen atoms in total. The zero-order chi connectivity index (χ0) is 14.5. The van der Waals surface area contributed by atoms with Crippen LogP contribution in [0.3, 0.4) is 0 Å². The fraction of sp³-hybridized carbons (Fsp3) is 0.800. The third kappa shape index (κ3) is 4.43. The Hall–Kier alpha value is -0.650. The first kappa shape index (κ1) is 15.7. The fourth-order valence-electron chi connectivity index (χ4n) is 2.08. The summed E-state index contributed by atoms with van der Waals surface area (Å²) >= 11 is 1.83. The molecule has 2 rings (SSSR count). The van der Waals surface area contributed by atoms with Crippen molar-refractivity contribution in [2.45, 2.75) is 52.2 Å². The fourth-order valence-corrected chi connectivity index (χ4v) is 3.18. The number of aromatic nitrogens is 1. The topological polar surface area (TPSA) is 37.4 Å². The van der Waals surface area contributed by atoms with Crippen LogP contribution in [-0.4, -0.2) is 37.8 Å². The second kappa shape index (κ2) is 7.38. The van der Waals surface area contributed by atoms with E-state index in [2.05, 4.69) is 38.0 Å². The van der Waals surface area contributed by atoms with Crippen molar-refractivity contribution in [3.63, 3.8) is 0 Å². The van der Waals surface area contributed by atoms with E-state index in [1.165, 1.54) is 23.4 Å². The normalized spacial score (nSPS) is 15.1. The minimum atomic E-state index is 0.297. The predicted octanol–water partition coefficient (Wildman–Crippen LogP) is 2.99. The molecule has 0 aliphatic heterocycles. The van der Waals surface area contributed by atoms with Gasteiger partial charge < -0.3 is 15.0 Å². The average molecular weight is 297 g/mol. The van der Waals surface area contributed by atoms with Crippen molar-refractivity contribution in [2.75, 3.05) is 31.6 Å². The van der Waals surface area contributed by atoms with Gasteiger partial charge in [-0.05, 0) is 33.2 Å². The van der Waals surface area contributed by atoms with Crippen LogP contribution in [0.25, 0.3) is 0 Å². The summed E-state index contributed by atoms with van der Waals surface area (Å²) < 4.78 is 5.62. The lowest BCUT2D eigenvalue weighted by molar-refractivity contribution is 0.0846. The van der Waals surface area contributed by atoms with Gasteiger partial charge >= 0.3 is 0 Å². The van der Waals surface area contributed by atoms with Gasteiger partial charge in [-0.2, -0.15) is 0 Å². The Kier molecular flexibility index (Phi) is 5.81. The molecular formula is C15H27N3OS. The molecule has 1 aromatic rings. The van der Waals surface area contributed by atoms with Gasteiger partial charge in [-0.3, -0.25) is 0 Å². The molecule has 114 valence electrons. The van der Waals surface area contributed by atoms with Crippen molar-refractivity contribution in [1.82, 2.24) is 10.3 Å². The largest absolute Gasteiger partial charge is 0.377 e. The third-order valence-corrected chi connectivity index (χ3v) is 4.61. The highest BCUT2D eigenvalue weighted by Gasteiger charge is 2.29. The Morgan fingerprint density at radius 2 is 2.20 bits per heavy atom. The summed E-state index contributed by atoms with van der Waals surface area (Å²) in [5, 5.41) is 4.56. The maximum absolute atomic E-state index is 5.62. The van der Waals surface area contributed by atoms with Crippen molar-refractivity contribution in [3.05, 3.63) is 10.6 Å². The van der Waals surface area contributed by atoms with E-state index in [4.69, 9.17) is 9.72 Å². The molecule has 20 heavy (non-hydrogen) atoms. The quantitative estimate of drug-likeness (QED) is 0.760. The van der Waals surface area contributed by atoms with Gasteiger partial charge in [0.2, 0.25) is 0 Å². The smallest absolute Gasteiger partial charge is 0.185 e. The van der Waals surface area contributed by atoms with E-state index in [0.717, 1.165) is 31.4 Å². The molecule has 0 unspecified atom stereocenters. The lowest BCUT2D eigenvalue weighted by Gasteiger charge is -2.16. The van der Waals surface area contributed by atoms with Crippen molar-refractivity contribution in [2.24, 2.45) is 0 Å². The summed E-state index contributed by atoms with van der Waals surface area (Å²) in [6.07, 6.45) is 2.91. The molecule has 1 heterocycles. The third-order valence-electron chi connectivity index (χ3n) is 3.42. The number of likely N-dealkylation sites (N-methyl/N-ethyl adjacent to an activating group) is 1. The minimum Gasteiger partial charge on any atom is -0.377 e. The lowest BCUT2D eigenvalue weighted by atomic mass is 10.2. The number of ether oxygens (including phenoxy) is 1. The minimum absolute atomic E-state index is 0.297. The Balaban J connectivity index is 1.96. The first-order valence-electron chi connectivity index (χ1n) is 7.64. The molecule has 1 aliphatic carbocycles. The molecule has 0 spiro atoms. The van der Waals surface area contributed by atoms with E-state index in [1.807, 2.05) is 11.3 Å². The van der Waals surface area contributed by atoms with Crippen LogP contribution in [0.4, 0.5) is 5.13 Å². The van der Waals surface area contributed by atoms with Crippen LogP contribution in [0.1, 0.15) is 50.1 Å². The number of anilines is 1. The number of nitrogens with one attached hydrogen (secondary N) is 1. The molecule has 5 heteroatoms. The van der Waals surface area contributed by atoms with Crippen molar-refractivity contribution < 1.29 is 4.74 Å². The summed E-state index contributed by atoms with van der Waals surface area (Å²) in [4.78, 5) is 8.51. The summed E-state index contributed by atoms with van der Waals surface area (Å²) in [6, 6.07) is 0. The highest BCUT2D eigenvalue weighted by atomic mass is 32.1. The molecule has 0 radical (unpaired) electrons. The Labute approximate surface area is 126 Å². The van der Waals surface area contributed by atoms with Crippen LogP contribution in [-0.2, 0) is 11.3 Å². The summed E-state index contributed by atoms with van der Waals surface area (Å²) in [5.74, 6) is 0.717. The van der Waals surface area contributed by atoms with Gasteiger partial charge in [0.25, 0.3) is 0 Å². The average Bonchev–Trinajstić information content (AvgIpc) is 3.16. The molecule has 1 saturated carbocycles. The first-order chi connectivity index (χ1) is 9.61. The molecule has 0 bridgehead atoms. The SMILES string of the molecule is CCNCc1sc(N(C)CCOC(C)C)nc1C1CC1. The molecule has 0 aromatic carbocycles. The van der Waals surface area contributed by atoms with Crippen LogP contribution < -0.4 is 10.2 Å². The van der Waals surface area contributed by atoms with E-state index in [0.29, 0.717) is 12.0 Å². The van der Waals surface area contributed by atoms with Crippen LogP contribution in [0.15, 0.2) is 0 Å². The van der Waals surface area contributed by atoms with Crippen molar-refractivity contribution in [1.29, 1.82) is 0 Å². The molecule has 0 amide bonds. The number of thiazole rings is 1. The predicted molar refractivity (Wildman–Crippen MR) is 85.8 cm³/mol. The Morgan fingerprint density at radius 3 is 2.80 bits per heavy atom. The van der Waals surface area contributed by atoms with Gasteiger partial charge in [0.1, 0.15) is 0 Å². The van der Waals surface area contributed by atoms with Crippen LogP contribution in [0, 0.1) is 0 Å². The monoisotopic (exact) mass is 297 g/mol. The Morgan fingerprint density at radius 1 is 1.45 bits per heavy atom.